The van der Waals surface area contributed by atoms with E-state index in [-0.39, 0.29) is 6.54 Å². The fraction of sp³-hybridized carbons (Fsp3) is 0.909. The quantitative estimate of drug-likeness (QED) is 0.823. The number of likely N-dealkylation sites (tertiary alicyclic amines) is 1. The summed E-state index contributed by atoms with van der Waals surface area (Å²) in [5.41, 5.74) is 0. The molecule has 6 heteroatoms. The van der Waals surface area contributed by atoms with Crippen molar-refractivity contribution in [2.24, 2.45) is 11.8 Å². The van der Waals surface area contributed by atoms with Gasteiger partial charge in [-0.15, -0.1) is 0 Å². The molecule has 1 N–H and O–H groups in total. The van der Waals surface area contributed by atoms with Crippen molar-refractivity contribution < 1.29 is 13.2 Å². The van der Waals surface area contributed by atoms with E-state index >= 15 is 0 Å². The first-order valence-corrected chi connectivity index (χ1v) is 5.79. The summed E-state index contributed by atoms with van der Waals surface area (Å²) in [6, 6.07) is 1.29. The first-order valence-electron chi connectivity index (χ1n) is 5.79. The number of nitriles is 1. The molecule has 1 rings (SSSR count). The molecule has 0 aliphatic carbocycles. The summed E-state index contributed by atoms with van der Waals surface area (Å²) in [6.45, 7) is 2.22. The minimum atomic E-state index is -4.43. The fourth-order valence-electron chi connectivity index (χ4n) is 2.11. The predicted molar refractivity (Wildman–Crippen MR) is 58.2 cm³/mol. The average Bonchev–Trinajstić information content (AvgIpc) is 2.22. The van der Waals surface area contributed by atoms with Gasteiger partial charge in [0.15, 0.2) is 5.92 Å². The van der Waals surface area contributed by atoms with Crippen molar-refractivity contribution in [1.82, 2.24) is 10.2 Å². The molecule has 0 amide bonds. The molecular formula is C11H18F3N3. The lowest BCUT2D eigenvalue weighted by atomic mass is 9.98. The molecular weight excluding hydrogens is 231 g/mol. The summed E-state index contributed by atoms with van der Waals surface area (Å²) >= 11 is 0. The summed E-state index contributed by atoms with van der Waals surface area (Å²) in [7, 11) is 2.01. The minimum Gasteiger partial charge on any atom is -0.315 e. The summed E-state index contributed by atoms with van der Waals surface area (Å²) in [6.07, 6.45) is -2.30. The van der Waals surface area contributed by atoms with Crippen LogP contribution in [0.4, 0.5) is 13.2 Å². The van der Waals surface area contributed by atoms with Crippen LogP contribution >= 0.6 is 0 Å². The Labute approximate surface area is 99.6 Å². The summed E-state index contributed by atoms with van der Waals surface area (Å²) in [5, 5.41) is 11.2. The zero-order chi connectivity index (χ0) is 12.9. The van der Waals surface area contributed by atoms with Crippen LogP contribution in [0.25, 0.3) is 0 Å². The van der Waals surface area contributed by atoms with E-state index in [2.05, 4.69) is 10.2 Å². The molecule has 1 heterocycles. The van der Waals surface area contributed by atoms with Crippen molar-refractivity contribution in [1.29, 1.82) is 5.26 Å². The van der Waals surface area contributed by atoms with Gasteiger partial charge in [0.05, 0.1) is 6.07 Å². The highest BCUT2D eigenvalue weighted by Gasteiger charge is 2.39. The van der Waals surface area contributed by atoms with Crippen LogP contribution < -0.4 is 5.32 Å². The lowest BCUT2D eigenvalue weighted by molar-refractivity contribution is -0.157. The number of alkyl halides is 3. The van der Waals surface area contributed by atoms with E-state index in [1.54, 1.807) is 0 Å². The highest BCUT2D eigenvalue weighted by atomic mass is 19.4. The molecule has 1 aliphatic heterocycles. The van der Waals surface area contributed by atoms with Crippen molar-refractivity contribution >= 4 is 0 Å². The van der Waals surface area contributed by atoms with Crippen LogP contribution in [0.15, 0.2) is 0 Å². The molecule has 0 aromatic heterocycles. The number of piperidine rings is 1. The molecule has 1 saturated heterocycles. The van der Waals surface area contributed by atoms with Gasteiger partial charge < -0.3 is 10.2 Å². The van der Waals surface area contributed by atoms with Crippen LogP contribution in [0.2, 0.25) is 0 Å². The van der Waals surface area contributed by atoms with Crippen molar-refractivity contribution in [3.63, 3.8) is 0 Å². The van der Waals surface area contributed by atoms with E-state index in [9.17, 15) is 13.2 Å². The van der Waals surface area contributed by atoms with Gasteiger partial charge >= 0.3 is 6.18 Å². The third kappa shape index (κ3) is 4.92. The molecule has 0 saturated carbocycles. The maximum Gasteiger partial charge on any atom is 0.405 e. The minimum absolute atomic E-state index is 0.305. The fourth-order valence-corrected chi connectivity index (χ4v) is 2.11. The normalized spacial score (nSPS) is 24.3. The zero-order valence-corrected chi connectivity index (χ0v) is 9.93. The average molecular weight is 249 g/mol. The summed E-state index contributed by atoms with van der Waals surface area (Å²) in [5.74, 6) is -1.51. The Morgan fingerprint density at radius 2 is 2.24 bits per heavy atom. The Morgan fingerprint density at radius 1 is 1.53 bits per heavy atom. The van der Waals surface area contributed by atoms with Gasteiger partial charge in [-0.1, -0.05) is 0 Å². The standard InChI is InChI=1S/C11H18F3N3/c1-17-4-2-3-9(8-17)6-16-7-10(5-15)11(12,13)14/h9-10,16H,2-4,6-8H2,1H3. The van der Waals surface area contributed by atoms with Gasteiger partial charge in [0, 0.05) is 13.1 Å². The van der Waals surface area contributed by atoms with Gasteiger partial charge in [-0.25, -0.2) is 0 Å². The summed E-state index contributed by atoms with van der Waals surface area (Å²) in [4.78, 5) is 2.18. The van der Waals surface area contributed by atoms with Crippen LogP contribution in [-0.4, -0.2) is 44.3 Å². The lowest BCUT2D eigenvalue weighted by Gasteiger charge is -2.30. The van der Waals surface area contributed by atoms with Gasteiger partial charge in [-0.2, -0.15) is 18.4 Å². The molecule has 0 radical (unpaired) electrons. The van der Waals surface area contributed by atoms with Gasteiger partial charge in [-0.05, 0) is 38.9 Å². The third-order valence-corrected chi connectivity index (χ3v) is 3.05. The SMILES string of the molecule is CN1CCCC(CNCC(C#N)C(F)(F)F)C1. The van der Waals surface area contributed by atoms with Crippen LogP contribution in [0.5, 0.6) is 0 Å². The Morgan fingerprint density at radius 3 is 2.76 bits per heavy atom. The molecule has 3 nitrogen and oxygen atoms in total. The largest absolute Gasteiger partial charge is 0.405 e. The second-order valence-corrected chi connectivity index (χ2v) is 4.65. The first kappa shape index (κ1) is 14.3. The first-order chi connectivity index (χ1) is 7.93. The molecule has 1 fully saturated rings. The van der Waals surface area contributed by atoms with Gasteiger partial charge in [0.2, 0.25) is 0 Å². The van der Waals surface area contributed by atoms with E-state index in [0.717, 1.165) is 25.9 Å². The van der Waals surface area contributed by atoms with E-state index < -0.39 is 12.1 Å². The highest BCUT2D eigenvalue weighted by Crippen LogP contribution is 2.25. The third-order valence-electron chi connectivity index (χ3n) is 3.05. The molecule has 0 aromatic rings. The van der Waals surface area contributed by atoms with Gasteiger partial charge in [-0.3, -0.25) is 0 Å². The Bertz CT molecular complexity index is 272. The number of nitrogens with one attached hydrogen (secondary N) is 1. The maximum atomic E-state index is 12.3. The van der Waals surface area contributed by atoms with Crippen molar-refractivity contribution in [3.8, 4) is 6.07 Å². The van der Waals surface area contributed by atoms with Crippen molar-refractivity contribution in [2.45, 2.75) is 19.0 Å². The number of nitrogens with zero attached hydrogens (tertiary/aromatic N) is 2. The molecule has 17 heavy (non-hydrogen) atoms. The van der Waals surface area contributed by atoms with Crippen molar-refractivity contribution in [3.05, 3.63) is 0 Å². The Hall–Kier alpha value is -0.800. The summed E-state index contributed by atoms with van der Waals surface area (Å²) < 4.78 is 36.8. The van der Waals surface area contributed by atoms with Crippen LogP contribution in [0, 0.1) is 23.2 Å². The van der Waals surface area contributed by atoms with Crippen LogP contribution in [0.3, 0.4) is 0 Å². The van der Waals surface area contributed by atoms with Gasteiger partial charge in [0.1, 0.15) is 0 Å². The Balaban J connectivity index is 2.25. The van der Waals surface area contributed by atoms with Gasteiger partial charge in [0.25, 0.3) is 0 Å². The number of halogens is 3. The van der Waals surface area contributed by atoms with Crippen LogP contribution in [0.1, 0.15) is 12.8 Å². The van der Waals surface area contributed by atoms with E-state index in [4.69, 9.17) is 5.26 Å². The van der Waals surface area contributed by atoms with E-state index in [1.165, 1.54) is 6.07 Å². The molecule has 0 spiro atoms. The molecule has 1 aliphatic rings. The monoisotopic (exact) mass is 249 g/mol. The predicted octanol–water partition coefficient (Wildman–Crippen LogP) is 1.62. The second kappa shape index (κ2) is 6.22. The molecule has 2 atom stereocenters. The maximum absolute atomic E-state index is 12.3. The Kier molecular flexibility index (Phi) is 5.22. The highest BCUT2D eigenvalue weighted by molar-refractivity contribution is 4.90. The number of rotatable bonds is 4. The second-order valence-electron chi connectivity index (χ2n) is 4.65. The van der Waals surface area contributed by atoms with Crippen molar-refractivity contribution in [2.75, 3.05) is 33.2 Å². The number of hydrogen-bond donors (Lipinski definition) is 1. The molecule has 98 valence electrons. The van der Waals surface area contributed by atoms with E-state index in [0.29, 0.717) is 12.5 Å². The van der Waals surface area contributed by atoms with E-state index in [1.807, 2.05) is 7.05 Å². The van der Waals surface area contributed by atoms with Crippen LogP contribution in [-0.2, 0) is 0 Å². The topological polar surface area (TPSA) is 39.1 Å². The molecule has 0 bridgehead atoms. The zero-order valence-electron chi connectivity index (χ0n) is 9.93. The molecule has 0 aromatic carbocycles. The number of hydrogen-bond acceptors (Lipinski definition) is 3. The lowest BCUT2D eigenvalue weighted by Crippen LogP contribution is -2.40. The smallest absolute Gasteiger partial charge is 0.315 e. The molecule has 2 unspecified atom stereocenters.